The topological polar surface area (TPSA) is 41.6 Å². The van der Waals surface area contributed by atoms with E-state index in [9.17, 15) is 4.79 Å². The predicted molar refractivity (Wildman–Crippen MR) is 108 cm³/mol. The molecule has 0 spiro atoms. The number of hydrogen-bond donors (Lipinski definition) is 1. The summed E-state index contributed by atoms with van der Waals surface area (Å²) in [6, 6.07) is 19.2. The van der Waals surface area contributed by atoms with Gasteiger partial charge in [0.1, 0.15) is 5.60 Å². The zero-order valence-corrected chi connectivity index (χ0v) is 16.3. The molecule has 3 atom stereocenters. The van der Waals surface area contributed by atoms with Crippen LogP contribution >= 0.6 is 0 Å². The fourth-order valence-corrected chi connectivity index (χ4v) is 4.45. The van der Waals surface area contributed by atoms with Gasteiger partial charge in [-0.05, 0) is 50.8 Å². The van der Waals surface area contributed by atoms with E-state index in [1.807, 2.05) is 31.7 Å². The van der Waals surface area contributed by atoms with Crippen molar-refractivity contribution in [2.45, 2.75) is 51.3 Å². The number of nitrogens with zero attached hydrogens (tertiary/aromatic N) is 1. The average Bonchev–Trinajstić information content (AvgIpc) is 2.66. The van der Waals surface area contributed by atoms with Gasteiger partial charge in [0.2, 0.25) is 0 Å². The zero-order valence-electron chi connectivity index (χ0n) is 16.3. The highest BCUT2D eigenvalue weighted by molar-refractivity contribution is 5.71. The molecule has 0 aliphatic carbocycles. The smallest absolute Gasteiger partial charge is 0.410 e. The molecule has 1 fully saturated rings. The number of anilines is 1. The molecule has 142 valence electrons. The van der Waals surface area contributed by atoms with Crippen LogP contribution in [0.3, 0.4) is 0 Å². The van der Waals surface area contributed by atoms with Crippen molar-refractivity contribution in [3.8, 4) is 0 Å². The quantitative estimate of drug-likeness (QED) is 0.722. The number of rotatable bonds is 1. The molecule has 1 amide bonds. The van der Waals surface area contributed by atoms with E-state index in [0.717, 1.165) is 25.1 Å². The summed E-state index contributed by atoms with van der Waals surface area (Å²) >= 11 is 0. The molecule has 0 aromatic heterocycles. The number of hydrogen-bond acceptors (Lipinski definition) is 3. The molecule has 1 saturated heterocycles. The number of nitrogens with one attached hydrogen (secondary N) is 1. The molecular weight excluding hydrogens is 336 g/mol. The maximum atomic E-state index is 13.0. The molecule has 4 nitrogen and oxygen atoms in total. The van der Waals surface area contributed by atoms with Gasteiger partial charge in [0.25, 0.3) is 0 Å². The summed E-state index contributed by atoms with van der Waals surface area (Å²) in [5.74, 6) is 0.323. The first kappa shape index (κ1) is 17.9. The predicted octanol–water partition coefficient (Wildman–Crippen LogP) is 5.54. The summed E-state index contributed by atoms with van der Waals surface area (Å²) in [4.78, 5) is 15.0. The number of likely N-dealkylation sites (tertiary alicyclic amines) is 1. The van der Waals surface area contributed by atoms with Crippen molar-refractivity contribution in [3.05, 3.63) is 65.7 Å². The molecule has 1 unspecified atom stereocenters. The molecule has 2 aromatic rings. The van der Waals surface area contributed by atoms with Crippen LogP contribution in [-0.2, 0) is 4.74 Å². The van der Waals surface area contributed by atoms with E-state index in [4.69, 9.17) is 4.74 Å². The van der Waals surface area contributed by atoms with E-state index in [-0.39, 0.29) is 18.2 Å². The number of carbonyl (C=O) groups is 1. The Hall–Kier alpha value is -2.49. The van der Waals surface area contributed by atoms with Crippen molar-refractivity contribution in [3.63, 3.8) is 0 Å². The molecule has 4 rings (SSSR count). The Labute approximate surface area is 161 Å². The lowest BCUT2D eigenvalue weighted by Gasteiger charge is -2.48. The lowest BCUT2D eigenvalue weighted by molar-refractivity contribution is -0.00379. The summed E-state index contributed by atoms with van der Waals surface area (Å²) in [6.45, 7) is 6.52. The van der Waals surface area contributed by atoms with Gasteiger partial charge in [-0.2, -0.15) is 0 Å². The van der Waals surface area contributed by atoms with E-state index < -0.39 is 5.60 Å². The van der Waals surface area contributed by atoms with Crippen LogP contribution in [0.25, 0.3) is 0 Å². The molecule has 27 heavy (non-hydrogen) atoms. The lowest BCUT2D eigenvalue weighted by atomic mass is 9.74. The first-order chi connectivity index (χ1) is 12.9. The van der Waals surface area contributed by atoms with Crippen LogP contribution in [0, 0.1) is 5.92 Å². The molecule has 0 saturated carbocycles. The van der Waals surface area contributed by atoms with Crippen LogP contribution in [0.2, 0.25) is 0 Å². The molecule has 2 aliphatic heterocycles. The molecule has 2 aromatic carbocycles. The Morgan fingerprint density at radius 1 is 1.07 bits per heavy atom. The molecule has 0 radical (unpaired) electrons. The number of fused-ring (bicyclic) bond motifs is 3. The monoisotopic (exact) mass is 364 g/mol. The normalized spacial score (nSPS) is 24.4. The van der Waals surface area contributed by atoms with Gasteiger partial charge in [-0.25, -0.2) is 4.79 Å². The third-order valence-corrected chi connectivity index (χ3v) is 5.48. The lowest BCUT2D eigenvalue weighted by Crippen LogP contribution is -2.49. The zero-order chi connectivity index (χ0) is 19.0. The van der Waals surface area contributed by atoms with Crippen LogP contribution < -0.4 is 5.32 Å². The number of ether oxygens (including phenoxy) is 1. The second-order valence-corrected chi connectivity index (χ2v) is 8.54. The summed E-state index contributed by atoms with van der Waals surface area (Å²) in [5, 5.41) is 3.74. The fraction of sp³-hybridized carbons (Fsp3) is 0.435. The number of carbonyl (C=O) groups excluding carboxylic acids is 1. The van der Waals surface area contributed by atoms with E-state index in [1.54, 1.807) is 0 Å². The SMILES string of the molecule is CC(C)(C)OC(=O)N1CCC[C@H]2C1c1ccccc1N[C@@H]2c1ccccc1. The van der Waals surface area contributed by atoms with Crippen molar-refractivity contribution >= 4 is 11.8 Å². The summed E-state index contributed by atoms with van der Waals surface area (Å²) in [7, 11) is 0. The molecular formula is C23H28N2O2. The van der Waals surface area contributed by atoms with Crippen molar-refractivity contribution in [2.75, 3.05) is 11.9 Å². The van der Waals surface area contributed by atoms with E-state index >= 15 is 0 Å². The van der Waals surface area contributed by atoms with Crippen LogP contribution in [-0.4, -0.2) is 23.1 Å². The van der Waals surface area contributed by atoms with Crippen molar-refractivity contribution < 1.29 is 9.53 Å². The standard InChI is InChI=1S/C23H28N2O2/c1-23(2,3)27-22(26)25-15-9-13-18-20(16-10-5-4-6-11-16)24-19-14-8-7-12-17(19)21(18)25/h4-8,10-12,14,18,20-21,24H,9,13,15H2,1-3H3/t18-,20-,21?/m1/s1. The molecule has 0 bridgehead atoms. The van der Waals surface area contributed by atoms with Gasteiger partial charge in [-0.15, -0.1) is 0 Å². The van der Waals surface area contributed by atoms with Crippen molar-refractivity contribution in [2.24, 2.45) is 5.92 Å². The first-order valence-corrected chi connectivity index (χ1v) is 9.84. The highest BCUT2D eigenvalue weighted by Crippen LogP contribution is 2.50. The first-order valence-electron chi connectivity index (χ1n) is 9.84. The molecule has 4 heteroatoms. The maximum absolute atomic E-state index is 13.0. The van der Waals surface area contributed by atoms with E-state index in [2.05, 4.69) is 53.8 Å². The van der Waals surface area contributed by atoms with Gasteiger partial charge >= 0.3 is 6.09 Å². The van der Waals surface area contributed by atoms with Gasteiger partial charge < -0.3 is 15.0 Å². The third kappa shape index (κ3) is 3.53. The number of benzene rings is 2. The van der Waals surface area contributed by atoms with E-state index in [0.29, 0.717) is 5.92 Å². The minimum Gasteiger partial charge on any atom is -0.444 e. The molecule has 2 heterocycles. The van der Waals surface area contributed by atoms with Crippen molar-refractivity contribution in [1.29, 1.82) is 0 Å². The molecule has 1 N–H and O–H groups in total. The summed E-state index contributed by atoms with van der Waals surface area (Å²) in [5.41, 5.74) is 3.09. The average molecular weight is 364 g/mol. The largest absolute Gasteiger partial charge is 0.444 e. The van der Waals surface area contributed by atoms with Gasteiger partial charge in [0.15, 0.2) is 0 Å². The summed E-state index contributed by atoms with van der Waals surface area (Å²) < 4.78 is 5.75. The minimum absolute atomic E-state index is 0.0382. The van der Waals surface area contributed by atoms with Crippen LogP contribution in [0.4, 0.5) is 10.5 Å². The second-order valence-electron chi connectivity index (χ2n) is 8.54. The highest BCUT2D eigenvalue weighted by atomic mass is 16.6. The molecule has 2 aliphatic rings. The Morgan fingerprint density at radius 2 is 1.78 bits per heavy atom. The van der Waals surface area contributed by atoms with Crippen LogP contribution in [0.15, 0.2) is 54.6 Å². The van der Waals surface area contributed by atoms with Gasteiger partial charge in [0, 0.05) is 18.2 Å². The van der Waals surface area contributed by atoms with Crippen LogP contribution in [0.5, 0.6) is 0 Å². The fourth-order valence-electron chi connectivity index (χ4n) is 4.45. The minimum atomic E-state index is -0.491. The Morgan fingerprint density at radius 3 is 2.52 bits per heavy atom. The summed E-state index contributed by atoms with van der Waals surface area (Å²) in [6.07, 6.45) is 1.87. The maximum Gasteiger partial charge on any atom is 0.410 e. The number of piperidine rings is 1. The van der Waals surface area contributed by atoms with Gasteiger partial charge in [-0.1, -0.05) is 48.5 Å². The van der Waals surface area contributed by atoms with E-state index in [1.165, 1.54) is 11.1 Å². The Balaban J connectivity index is 1.74. The highest BCUT2D eigenvalue weighted by Gasteiger charge is 2.45. The Bertz CT molecular complexity index is 813. The van der Waals surface area contributed by atoms with Crippen molar-refractivity contribution in [1.82, 2.24) is 4.90 Å². The van der Waals surface area contributed by atoms with Gasteiger partial charge in [0.05, 0.1) is 12.1 Å². The number of para-hydroxylation sites is 1. The van der Waals surface area contributed by atoms with Gasteiger partial charge in [-0.3, -0.25) is 0 Å². The third-order valence-electron chi connectivity index (χ3n) is 5.48. The van der Waals surface area contributed by atoms with Crippen LogP contribution in [0.1, 0.15) is 56.8 Å². The number of amides is 1. The second kappa shape index (κ2) is 6.91. The Kier molecular flexibility index (Phi) is 4.58.